The van der Waals surface area contributed by atoms with Crippen molar-refractivity contribution in [2.75, 3.05) is 27.2 Å². The van der Waals surface area contributed by atoms with Crippen LogP contribution in [0.15, 0.2) is 30.3 Å². The van der Waals surface area contributed by atoms with Gasteiger partial charge in [0.2, 0.25) is 5.91 Å². The molecule has 0 saturated heterocycles. The minimum Gasteiger partial charge on any atom is -0.465 e. The smallest absolute Gasteiger partial charge is 0.323 e. The Morgan fingerprint density at radius 2 is 1.95 bits per heavy atom. The predicted octanol–water partition coefficient (Wildman–Crippen LogP) is 0.839. The Bertz CT molecular complexity index is 434. The van der Waals surface area contributed by atoms with Crippen molar-refractivity contribution in [2.24, 2.45) is 0 Å². The van der Waals surface area contributed by atoms with E-state index in [1.165, 1.54) is 0 Å². The van der Waals surface area contributed by atoms with Crippen molar-refractivity contribution in [1.82, 2.24) is 10.2 Å². The molecular formula is C15H22N2O3. The van der Waals surface area contributed by atoms with Crippen LogP contribution in [0.3, 0.4) is 0 Å². The van der Waals surface area contributed by atoms with Gasteiger partial charge in [0.15, 0.2) is 0 Å². The van der Waals surface area contributed by atoms with Crippen molar-refractivity contribution in [3.05, 3.63) is 35.9 Å². The average molecular weight is 278 g/mol. The fraction of sp³-hybridized carbons (Fsp3) is 0.467. The van der Waals surface area contributed by atoms with Crippen LogP contribution in [0.25, 0.3) is 0 Å². The highest BCUT2D eigenvalue weighted by Gasteiger charge is 2.26. The normalized spacial score (nSPS) is 12.0. The van der Waals surface area contributed by atoms with Gasteiger partial charge in [-0.25, -0.2) is 0 Å². The lowest BCUT2D eigenvalue weighted by atomic mass is 10.0. The fourth-order valence-electron chi connectivity index (χ4n) is 1.91. The molecule has 110 valence electrons. The molecule has 1 aromatic rings. The number of carbonyl (C=O) groups is 2. The van der Waals surface area contributed by atoms with Crippen LogP contribution in [0.2, 0.25) is 0 Å². The molecule has 0 aromatic heterocycles. The minimum atomic E-state index is -0.463. The number of hydrogen-bond acceptors (Lipinski definition) is 4. The van der Waals surface area contributed by atoms with Crippen molar-refractivity contribution in [3.8, 4) is 0 Å². The van der Waals surface area contributed by atoms with Crippen LogP contribution in [0.4, 0.5) is 0 Å². The molecule has 5 heteroatoms. The highest BCUT2D eigenvalue weighted by Crippen LogP contribution is 2.09. The highest BCUT2D eigenvalue weighted by molar-refractivity contribution is 5.80. The second kappa shape index (κ2) is 8.32. The van der Waals surface area contributed by atoms with Crippen LogP contribution in [0.1, 0.15) is 12.5 Å². The van der Waals surface area contributed by atoms with Crippen LogP contribution < -0.4 is 5.32 Å². The summed E-state index contributed by atoms with van der Waals surface area (Å²) < 4.78 is 5.10. The summed E-state index contributed by atoms with van der Waals surface area (Å²) in [5, 5.41) is 2.55. The van der Waals surface area contributed by atoms with Gasteiger partial charge in [-0.2, -0.15) is 0 Å². The standard InChI is InChI=1S/C15H22N2O3/c1-4-20-15(19)13(17(3)11-14(18)16-2)10-12-8-6-5-7-9-12/h5-9,13H,4,10-11H2,1-3H3,(H,16,18)/t13-/m0/s1. The molecule has 1 aromatic carbocycles. The van der Waals surface area contributed by atoms with E-state index in [-0.39, 0.29) is 18.4 Å². The number of esters is 1. The van der Waals surface area contributed by atoms with Gasteiger partial charge in [0.1, 0.15) is 6.04 Å². The second-order valence-corrected chi connectivity index (χ2v) is 4.55. The molecule has 1 amide bonds. The van der Waals surface area contributed by atoms with Gasteiger partial charge >= 0.3 is 5.97 Å². The van der Waals surface area contributed by atoms with Crippen LogP contribution in [-0.4, -0.2) is 50.1 Å². The van der Waals surface area contributed by atoms with Crippen LogP contribution >= 0.6 is 0 Å². The topological polar surface area (TPSA) is 58.6 Å². The monoisotopic (exact) mass is 278 g/mol. The number of hydrogen-bond donors (Lipinski definition) is 1. The van der Waals surface area contributed by atoms with E-state index in [4.69, 9.17) is 4.74 Å². The van der Waals surface area contributed by atoms with Crippen molar-refractivity contribution < 1.29 is 14.3 Å². The Kier molecular flexibility index (Phi) is 6.73. The predicted molar refractivity (Wildman–Crippen MR) is 77.3 cm³/mol. The molecule has 0 spiro atoms. The molecule has 1 N–H and O–H groups in total. The van der Waals surface area contributed by atoms with Crippen molar-refractivity contribution >= 4 is 11.9 Å². The van der Waals surface area contributed by atoms with Crippen molar-refractivity contribution in [1.29, 1.82) is 0 Å². The van der Waals surface area contributed by atoms with E-state index in [0.717, 1.165) is 5.56 Å². The van der Waals surface area contributed by atoms with Gasteiger partial charge in [-0.1, -0.05) is 30.3 Å². The summed E-state index contributed by atoms with van der Waals surface area (Å²) in [4.78, 5) is 25.2. The molecule has 0 saturated carbocycles. The molecule has 0 bridgehead atoms. The first-order chi connectivity index (χ1) is 9.58. The number of nitrogens with zero attached hydrogens (tertiary/aromatic N) is 1. The van der Waals surface area contributed by atoms with Gasteiger partial charge in [-0.3, -0.25) is 14.5 Å². The lowest BCUT2D eigenvalue weighted by molar-refractivity contribution is -0.149. The lowest BCUT2D eigenvalue weighted by Crippen LogP contribution is -2.45. The summed E-state index contributed by atoms with van der Waals surface area (Å²) in [5.41, 5.74) is 1.04. The highest BCUT2D eigenvalue weighted by atomic mass is 16.5. The third-order valence-corrected chi connectivity index (χ3v) is 3.03. The third-order valence-electron chi connectivity index (χ3n) is 3.03. The van der Waals surface area contributed by atoms with E-state index in [9.17, 15) is 9.59 Å². The molecular weight excluding hydrogens is 256 g/mol. The molecule has 20 heavy (non-hydrogen) atoms. The molecule has 0 fully saturated rings. The van der Waals surface area contributed by atoms with E-state index in [0.29, 0.717) is 13.0 Å². The van der Waals surface area contributed by atoms with Gasteiger partial charge in [0, 0.05) is 7.05 Å². The summed E-state index contributed by atoms with van der Waals surface area (Å²) >= 11 is 0. The Labute approximate surface area is 119 Å². The van der Waals surface area contributed by atoms with Crippen LogP contribution in [-0.2, 0) is 20.7 Å². The number of ether oxygens (including phenoxy) is 1. The Morgan fingerprint density at radius 3 is 2.50 bits per heavy atom. The van der Waals surface area contributed by atoms with E-state index >= 15 is 0 Å². The zero-order valence-electron chi connectivity index (χ0n) is 12.3. The largest absolute Gasteiger partial charge is 0.465 e. The van der Waals surface area contributed by atoms with E-state index in [2.05, 4.69) is 5.32 Å². The van der Waals surface area contributed by atoms with Gasteiger partial charge in [0.25, 0.3) is 0 Å². The first kappa shape index (κ1) is 16.2. The number of rotatable bonds is 7. The maximum Gasteiger partial charge on any atom is 0.323 e. The first-order valence-electron chi connectivity index (χ1n) is 6.69. The summed E-state index contributed by atoms with van der Waals surface area (Å²) in [6, 6.07) is 9.23. The van der Waals surface area contributed by atoms with Crippen molar-refractivity contribution in [2.45, 2.75) is 19.4 Å². The SMILES string of the molecule is CCOC(=O)[C@H](Cc1ccccc1)N(C)CC(=O)NC. The minimum absolute atomic E-state index is 0.130. The molecule has 0 aliphatic carbocycles. The molecule has 0 unspecified atom stereocenters. The number of carbonyl (C=O) groups excluding carboxylic acids is 2. The lowest BCUT2D eigenvalue weighted by Gasteiger charge is -2.25. The van der Waals surface area contributed by atoms with E-state index < -0.39 is 6.04 Å². The molecule has 0 aliphatic heterocycles. The van der Waals surface area contributed by atoms with E-state index in [1.807, 2.05) is 30.3 Å². The summed E-state index contributed by atoms with van der Waals surface area (Å²) in [7, 11) is 3.33. The maximum absolute atomic E-state index is 12.1. The zero-order chi connectivity index (χ0) is 15.0. The van der Waals surface area contributed by atoms with Crippen molar-refractivity contribution in [3.63, 3.8) is 0 Å². The van der Waals surface area contributed by atoms with Gasteiger partial charge < -0.3 is 10.1 Å². The molecule has 1 rings (SSSR count). The van der Waals surface area contributed by atoms with Crippen LogP contribution in [0.5, 0.6) is 0 Å². The molecule has 5 nitrogen and oxygen atoms in total. The third kappa shape index (κ3) is 5.01. The van der Waals surface area contributed by atoms with Gasteiger partial charge in [-0.05, 0) is 26.0 Å². The summed E-state index contributed by atoms with van der Waals surface area (Å²) in [6.07, 6.45) is 0.521. The maximum atomic E-state index is 12.1. The number of likely N-dealkylation sites (N-methyl/N-ethyl adjacent to an activating group) is 2. The molecule has 1 atom stereocenters. The number of benzene rings is 1. The molecule has 0 aliphatic rings. The fourth-order valence-corrected chi connectivity index (χ4v) is 1.91. The quantitative estimate of drug-likeness (QED) is 0.751. The summed E-state index contributed by atoms with van der Waals surface area (Å²) in [5.74, 6) is -0.433. The number of amides is 1. The molecule has 0 radical (unpaired) electrons. The molecule has 0 heterocycles. The number of nitrogens with one attached hydrogen (secondary N) is 1. The van der Waals surface area contributed by atoms with Gasteiger partial charge in [-0.15, -0.1) is 0 Å². The second-order valence-electron chi connectivity index (χ2n) is 4.55. The first-order valence-corrected chi connectivity index (χ1v) is 6.69. The Hall–Kier alpha value is -1.88. The average Bonchev–Trinajstić information content (AvgIpc) is 2.45. The van der Waals surface area contributed by atoms with E-state index in [1.54, 1.807) is 25.9 Å². The summed E-state index contributed by atoms with van der Waals surface area (Å²) in [6.45, 7) is 2.26. The Morgan fingerprint density at radius 1 is 1.30 bits per heavy atom. The van der Waals surface area contributed by atoms with Gasteiger partial charge in [0.05, 0.1) is 13.2 Å². The Balaban J connectivity index is 2.79. The zero-order valence-corrected chi connectivity index (χ0v) is 12.3. The van der Waals surface area contributed by atoms with Crippen LogP contribution in [0, 0.1) is 0 Å².